The molecule has 0 aliphatic carbocycles. The standard InChI is InChI=1S/C9H18NO10P/c11-5(4-20-21(17,18)19)7(14)8(15)9(16)10-3-1-2-6(12)13/h5,7-8,11,14-15H,1-4H2,(H,10,16)(H,12,13)(H2,17,18,19)/t5-,7-,8-/m1/s1. The third kappa shape index (κ3) is 9.47. The molecular weight excluding hydrogens is 313 g/mol. The molecule has 0 aliphatic rings. The first kappa shape index (κ1) is 19.9. The molecule has 124 valence electrons. The van der Waals surface area contributed by atoms with Gasteiger partial charge in [0, 0.05) is 13.0 Å². The summed E-state index contributed by atoms with van der Waals surface area (Å²) in [5.74, 6) is -2.13. The zero-order valence-corrected chi connectivity index (χ0v) is 11.7. The van der Waals surface area contributed by atoms with E-state index < -0.39 is 44.6 Å². The summed E-state index contributed by atoms with van der Waals surface area (Å²) in [5.41, 5.74) is 0. The van der Waals surface area contributed by atoms with Gasteiger partial charge in [-0.2, -0.15) is 0 Å². The van der Waals surface area contributed by atoms with Crippen LogP contribution in [-0.4, -0.2) is 73.6 Å². The molecule has 0 fully saturated rings. The Morgan fingerprint density at radius 3 is 2.24 bits per heavy atom. The molecule has 0 aromatic rings. The van der Waals surface area contributed by atoms with Crippen LogP contribution in [0.5, 0.6) is 0 Å². The molecule has 1 amide bonds. The molecule has 11 nitrogen and oxygen atoms in total. The topological polar surface area (TPSA) is 194 Å². The number of phosphoric ester groups is 1. The van der Waals surface area contributed by atoms with E-state index in [1.807, 2.05) is 0 Å². The lowest BCUT2D eigenvalue weighted by Crippen LogP contribution is -2.48. The van der Waals surface area contributed by atoms with Crippen LogP contribution in [0.3, 0.4) is 0 Å². The number of phosphoric acid groups is 1. The summed E-state index contributed by atoms with van der Waals surface area (Å²) in [5, 5.41) is 38.6. The Hall–Kier alpha value is -1.07. The van der Waals surface area contributed by atoms with Crippen molar-refractivity contribution >= 4 is 19.7 Å². The number of carboxylic acid groups (broad SMARTS) is 1. The number of hydrogen-bond donors (Lipinski definition) is 7. The third-order valence-corrected chi connectivity index (χ3v) is 2.75. The molecule has 0 aromatic carbocycles. The van der Waals surface area contributed by atoms with Crippen LogP contribution in [0, 0.1) is 0 Å². The zero-order chi connectivity index (χ0) is 16.6. The molecule has 0 heterocycles. The first-order valence-corrected chi connectivity index (χ1v) is 7.31. The highest BCUT2D eigenvalue weighted by Gasteiger charge is 2.31. The lowest BCUT2D eigenvalue weighted by molar-refractivity contribution is -0.142. The molecular formula is C9H18NO10P. The number of nitrogens with one attached hydrogen (secondary N) is 1. The fraction of sp³-hybridized carbons (Fsp3) is 0.778. The molecule has 0 saturated heterocycles. The largest absolute Gasteiger partial charge is 0.481 e. The van der Waals surface area contributed by atoms with Crippen molar-refractivity contribution < 1.29 is 48.9 Å². The molecule has 0 aliphatic heterocycles. The van der Waals surface area contributed by atoms with Gasteiger partial charge < -0.3 is 35.5 Å². The smallest absolute Gasteiger partial charge is 0.469 e. The van der Waals surface area contributed by atoms with Crippen LogP contribution in [0.25, 0.3) is 0 Å². The minimum atomic E-state index is -4.85. The van der Waals surface area contributed by atoms with E-state index in [2.05, 4.69) is 9.84 Å². The number of aliphatic hydroxyl groups excluding tert-OH is 3. The van der Waals surface area contributed by atoms with Gasteiger partial charge in [-0.15, -0.1) is 0 Å². The number of aliphatic hydroxyl groups is 3. The predicted molar refractivity (Wildman–Crippen MR) is 65.9 cm³/mol. The number of hydrogen-bond acceptors (Lipinski definition) is 7. The van der Waals surface area contributed by atoms with Crippen molar-refractivity contribution in [2.45, 2.75) is 31.2 Å². The summed E-state index contributed by atoms with van der Waals surface area (Å²) < 4.78 is 14.3. The van der Waals surface area contributed by atoms with Gasteiger partial charge in [-0.3, -0.25) is 14.1 Å². The van der Waals surface area contributed by atoms with Crippen LogP contribution < -0.4 is 5.32 Å². The van der Waals surface area contributed by atoms with Crippen LogP contribution in [-0.2, 0) is 18.7 Å². The van der Waals surface area contributed by atoms with Crippen molar-refractivity contribution in [3.63, 3.8) is 0 Å². The molecule has 0 radical (unpaired) electrons. The Morgan fingerprint density at radius 2 is 1.76 bits per heavy atom. The average Bonchev–Trinajstić information content (AvgIpc) is 2.37. The van der Waals surface area contributed by atoms with Crippen LogP contribution in [0.1, 0.15) is 12.8 Å². The normalized spacial score (nSPS) is 16.0. The number of amides is 1. The first-order chi connectivity index (χ1) is 9.54. The molecule has 0 aromatic heterocycles. The van der Waals surface area contributed by atoms with Crippen molar-refractivity contribution in [3.8, 4) is 0 Å². The molecule has 12 heteroatoms. The Bertz CT molecular complexity index is 396. The van der Waals surface area contributed by atoms with Crippen molar-refractivity contribution in [1.82, 2.24) is 5.32 Å². The Labute approximate surface area is 119 Å². The van der Waals surface area contributed by atoms with E-state index in [0.29, 0.717) is 0 Å². The SMILES string of the molecule is O=C(O)CCCNC(=O)[C@H](O)[C@H](O)[C@H](O)COP(=O)(O)O. The monoisotopic (exact) mass is 331 g/mol. The second kappa shape index (κ2) is 9.05. The van der Waals surface area contributed by atoms with Crippen LogP contribution in [0.4, 0.5) is 0 Å². The minimum Gasteiger partial charge on any atom is -0.481 e. The van der Waals surface area contributed by atoms with E-state index in [9.17, 15) is 29.5 Å². The number of carboxylic acids is 1. The van der Waals surface area contributed by atoms with E-state index in [1.54, 1.807) is 0 Å². The van der Waals surface area contributed by atoms with Gasteiger partial charge in [-0.1, -0.05) is 0 Å². The Kier molecular flexibility index (Phi) is 8.59. The summed E-state index contributed by atoms with van der Waals surface area (Å²) in [6.45, 7) is -1.06. The summed E-state index contributed by atoms with van der Waals surface area (Å²) in [4.78, 5) is 38.4. The minimum absolute atomic E-state index is 0.0655. The van der Waals surface area contributed by atoms with Gasteiger partial charge in [0.25, 0.3) is 5.91 Å². The Morgan fingerprint density at radius 1 is 1.19 bits per heavy atom. The Balaban J connectivity index is 4.16. The molecule has 0 rings (SSSR count). The second-order valence-corrected chi connectivity index (χ2v) is 5.32. The number of carbonyl (C=O) groups excluding carboxylic acids is 1. The number of carbonyl (C=O) groups is 2. The van der Waals surface area contributed by atoms with Gasteiger partial charge in [-0.05, 0) is 6.42 Å². The van der Waals surface area contributed by atoms with E-state index in [1.165, 1.54) is 0 Å². The van der Waals surface area contributed by atoms with Gasteiger partial charge in [-0.25, -0.2) is 4.57 Å². The highest BCUT2D eigenvalue weighted by molar-refractivity contribution is 7.46. The van der Waals surface area contributed by atoms with Gasteiger partial charge in [0.1, 0.15) is 12.2 Å². The number of rotatable bonds is 10. The van der Waals surface area contributed by atoms with E-state index >= 15 is 0 Å². The second-order valence-electron chi connectivity index (χ2n) is 4.08. The fourth-order valence-electron chi connectivity index (χ4n) is 1.19. The molecule has 21 heavy (non-hydrogen) atoms. The third-order valence-electron chi connectivity index (χ3n) is 2.27. The summed E-state index contributed by atoms with van der Waals surface area (Å²) in [6, 6.07) is 0. The molecule has 7 N–H and O–H groups in total. The molecule has 0 saturated carbocycles. The van der Waals surface area contributed by atoms with Gasteiger partial charge in [0.2, 0.25) is 0 Å². The average molecular weight is 331 g/mol. The van der Waals surface area contributed by atoms with Gasteiger partial charge >= 0.3 is 13.8 Å². The maximum absolute atomic E-state index is 11.4. The van der Waals surface area contributed by atoms with E-state index in [0.717, 1.165) is 0 Å². The van der Waals surface area contributed by atoms with Gasteiger partial charge in [0.05, 0.1) is 6.61 Å². The van der Waals surface area contributed by atoms with Crippen molar-refractivity contribution in [2.24, 2.45) is 0 Å². The maximum Gasteiger partial charge on any atom is 0.469 e. The summed E-state index contributed by atoms with van der Waals surface area (Å²) in [7, 11) is -4.85. The van der Waals surface area contributed by atoms with Crippen LogP contribution in [0.2, 0.25) is 0 Å². The van der Waals surface area contributed by atoms with Crippen LogP contribution >= 0.6 is 7.82 Å². The zero-order valence-electron chi connectivity index (χ0n) is 10.8. The van der Waals surface area contributed by atoms with Crippen molar-refractivity contribution in [2.75, 3.05) is 13.2 Å². The molecule has 3 atom stereocenters. The molecule has 0 unspecified atom stereocenters. The van der Waals surface area contributed by atoms with Crippen molar-refractivity contribution in [1.29, 1.82) is 0 Å². The summed E-state index contributed by atoms with van der Waals surface area (Å²) >= 11 is 0. The van der Waals surface area contributed by atoms with Crippen LogP contribution in [0.15, 0.2) is 0 Å². The lowest BCUT2D eigenvalue weighted by Gasteiger charge is -2.22. The fourth-order valence-corrected chi connectivity index (χ4v) is 1.54. The lowest BCUT2D eigenvalue weighted by atomic mass is 10.1. The molecule has 0 spiro atoms. The maximum atomic E-state index is 11.4. The highest BCUT2D eigenvalue weighted by atomic mass is 31.2. The quantitative estimate of drug-likeness (QED) is 0.162. The summed E-state index contributed by atoms with van der Waals surface area (Å²) in [6.07, 6.45) is -6.09. The molecule has 0 bridgehead atoms. The highest BCUT2D eigenvalue weighted by Crippen LogP contribution is 2.35. The number of aliphatic carboxylic acids is 1. The van der Waals surface area contributed by atoms with Crippen molar-refractivity contribution in [3.05, 3.63) is 0 Å². The first-order valence-electron chi connectivity index (χ1n) is 5.78. The predicted octanol–water partition coefficient (Wildman–Crippen LogP) is -2.84. The van der Waals surface area contributed by atoms with Gasteiger partial charge in [0.15, 0.2) is 6.10 Å². The van der Waals surface area contributed by atoms with E-state index in [4.69, 9.17) is 14.9 Å². The van der Waals surface area contributed by atoms with E-state index in [-0.39, 0.29) is 19.4 Å².